The Kier molecular flexibility index (Phi) is 6.26. The Hall–Kier alpha value is -0.820. The molecule has 2 unspecified atom stereocenters. The average molecular weight is 296 g/mol. The third kappa shape index (κ3) is 6.09. The van der Waals surface area contributed by atoms with Gasteiger partial charge in [0.15, 0.2) is 0 Å². The lowest BCUT2D eigenvalue weighted by molar-refractivity contribution is -0.156. The van der Waals surface area contributed by atoms with Gasteiger partial charge in [-0.3, -0.25) is 9.69 Å². The van der Waals surface area contributed by atoms with E-state index in [-0.39, 0.29) is 31.2 Å². The molecule has 1 aliphatic rings. The van der Waals surface area contributed by atoms with Crippen molar-refractivity contribution in [3.05, 3.63) is 0 Å². The Morgan fingerprint density at radius 1 is 1.30 bits per heavy atom. The molecule has 0 saturated carbocycles. The van der Waals surface area contributed by atoms with E-state index >= 15 is 0 Å². The highest BCUT2D eigenvalue weighted by molar-refractivity contribution is 5.78. The van der Waals surface area contributed by atoms with Crippen molar-refractivity contribution in [3.8, 4) is 0 Å². The van der Waals surface area contributed by atoms with Gasteiger partial charge >= 0.3 is 6.18 Å². The molecular formula is C13H23F3N2O2. The van der Waals surface area contributed by atoms with Crippen molar-refractivity contribution in [2.24, 2.45) is 0 Å². The van der Waals surface area contributed by atoms with E-state index in [1.807, 2.05) is 13.8 Å². The normalized spacial score (nSPS) is 24.2. The molecule has 1 fully saturated rings. The number of alkyl halides is 3. The summed E-state index contributed by atoms with van der Waals surface area (Å²) in [6.45, 7) is 5.43. The Labute approximate surface area is 117 Å². The van der Waals surface area contributed by atoms with Crippen LogP contribution in [0.4, 0.5) is 13.2 Å². The zero-order valence-corrected chi connectivity index (χ0v) is 12.2. The first kappa shape index (κ1) is 17.2. The zero-order chi connectivity index (χ0) is 15.3. The van der Waals surface area contributed by atoms with Crippen LogP contribution in [0.25, 0.3) is 0 Å². The van der Waals surface area contributed by atoms with Gasteiger partial charge in [-0.15, -0.1) is 0 Å². The van der Waals surface area contributed by atoms with E-state index in [0.29, 0.717) is 19.5 Å². The molecule has 1 rings (SSSR count). The Bertz CT molecular complexity index is 313. The quantitative estimate of drug-likeness (QED) is 0.777. The minimum Gasteiger partial charge on any atom is -0.372 e. The predicted molar refractivity (Wildman–Crippen MR) is 69.4 cm³/mol. The van der Waals surface area contributed by atoms with E-state index in [4.69, 9.17) is 4.74 Å². The highest BCUT2D eigenvalue weighted by Gasteiger charge is 2.33. The van der Waals surface area contributed by atoms with Gasteiger partial charge in [-0.2, -0.15) is 13.2 Å². The number of nitrogens with zero attached hydrogens (tertiary/aromatic N) is 2. The van der Waals surface area contributed by atoms with Crippen LogP contribution < -0.4 is 0 Å². The van der Waals surface area contributed by atoms with Crippen molar-refractivity contribution in [3.63, 3.8) is 0 Å². The van der Waals surface area contributed by atoms with Crippen molar-refractivity contribution in [2.75, 3.05) is 32.7 Å². The molecule has 1 aliphatic heterocycles. The third-order valence-electron chi connectivity index (χ3n) is 3.07. The van der Waals surface area contributed by atoms with E-state index in [1.165, 1.54) is 0 Å². The molecule has 0 aliphatic carbocycles. The Morgan fingerprint density at radius 3 is 2.30 bits per heavy atom. The second-order valence-electron chi connectivity index (χ2n) is 5.38. The van der Waals surface area contributed by atoms with Crippen molar-refractivity contribution in [1.82, 2.24) is 9.80 Å². The molecule has 1 saturated heterocycles. The van der Waals surface area contributed by atoms with Crippen LogP contribution in [-0.4, -0.2) is 66.8 Å². The van der Waals surface area contributed by atoms with Crippen molar-refractivity contribution < 1.29 is 22.7 Å². The molecule has 0 aromatic rings. The molecule has 1 heterocycles. The maximum atomic E-state index is 12.5. The maximum absolute atomic E-state index is 12.5. The van der Waals surface area contributed by atoms with E-state index in [0.717, 1.165) is 4.90 Å². The summed E-state index contributed by atoms with van der Waals surface area (Å²) < 4.78 is 42.9. The highest BCUT2D eigenvalue weighted by Crippen LogP contribution is 2.17. The van der Waals surface area contributed by atoms with Crippen LogP contribution in [0.5, 0.6) is 0 Å². The summed E-state index contributed by atoms with van der Waals surface area (Å²) >= 11 is 0. The van der Waals surface area contributed by atoms with Crippen molar-refractivity contribution in [1.29, 1.82) is 0 Å². The highest BCUT2D eigenvalue weighted by atomic mass is 19.4. The lowest BCUT2D eigenvalue weighted by atomic mass is 10.2. The summed E-state index contributed by atoms with van der Waals surface area (Å²) in [7, 11) is 0. The van der Waals surface area contributed by atoms with Gasteiger partial charge in [0.25, 0.3) is 0 Å². The third-order valence-corrected chi connectivity index (χ3v) is 3.07. The second-order valence-corrected chi connectivity index (χ2v) is 5.38. The number of carbonyl (C=O) groups excluding carboxylic acids is 1. The van der Waals surface area contributed by atoms with Crippen LogP contribution in [0.15, 0.2) is 0 Å². The zero-order valence-electron chi connectivity index (χ0n) is 12.2. The van der Waals surface area contributed by atoms with E-state index < -0.39 is 12.7 Å². The van der Waals surface area contributed by atoms with Gasteiger partial charge in [0.1, 0.15) is 0 Å². The lowest BCUT2D eigenvalue weighted by Crippen LogP contribution is -2.51. The lowest BCUT2D eigenvalue weighted by Gasteiger charge is -2.36. The van der Waals surface area contributed by atoms with Crippen LogP contribution in [0.3, 0.4) is 0 Å². The molecule has 2 atom stereocenters. The molecule has 1 amide bonds. The summed E-state index contributed by atoms with van der Waals surface area (Å²) in [4.78, 5) is 14.9. The molecule has 0 aromatic heterocycles. The van der Waals surface area contributed by atoms with Crippen molar-refractivity contribution in [2.45, 2.75) is 45.6 Å². The molecule has 20 heavy (non-hydrogen) atoms. The topological polar surface area (TPSA) is 32.8 Å². The summed E-state index contributed by atoms with van der Waals surface area (Å²) in [6, 6.07) is 0. The first-order chi connectivity index (χ1) is 9.21. The van der Waals surface area contributed by atoms with Crippen molar-refractivity contribution >= 4 is 5.91 Å². The number of rotatable bonds is 5. The number of amides is 1. The maximum Gasteiger partial charge on any atom is 0.401 e. The monoisotopic (exact) mass is 296 g/mol. The minimum atomic E-state index is -4.28. The summed E-state index contributed by atoms with van der Waals surface area (Å²) in [6.07, 6.45) is -3.85. The van der Waals surface area contributed by atoms with E-state index in [2.05, 4.69) is 0 Å². The summed E-state index contributed by atoms with van der Waals surface area (Å²) in [5.74, 6) is -0.260. The van der Waals surface area contributed by atoms with Gasteiger partial charge in [0.05, 0.1) is 25.3 Å². The number of morpholine rings is 1. The molecule has 7 heteroatoms. The fourth-order valence-electron chi connectivity index (χ4n) is 2.46. The van der Waals surface area contributed by atoms with Crippen LogP contribution >= 0.6 is 0 Å². The van der Waals surface area contributed by atoms with Gasteiger partial charge in [-0.05, 0) is 26.8 Å². The summed E-state index contributed by atoms with van der Waals surface area (Å²) in [5, 5.41) is 0. The Balaban J connectivity index is 2.56. The molecule has 118 valence electrons. The minimum absolute atomic E-state index is 0.0788. The second kappa shape index (κ2) is 7.26. The van der Waals surface area contributed by atoms with Gasteiger partial charge < -0.3 is 9.64 Å². The number of hydrogen-bond donors (Lipinski definition) is 0. The molecule has 0 spiro atoms. The van der Waals surface area contributed by atoms with E-state index in [9.17, 15) is 18.0 Å². The average Bonchev–Trinajstić information content (AvgIpc) is 2.25. The van der Waals surface area contributed by atoms with Gasteiger partial charge in [-0.1, -0.05) is 6.92 Å². The molecular weight excluding hydrogens is 273 g/mol. The number of hydrogen-bond acceptors (Lipinski definition) is 3. The number of carbonyl (C=O) groups is 1. The van der Waals surface area contributed by atoms with Gasteiger partial charge in [0, 0.05) is 13.1 Å². The van der Waals surface area contributed by atoms with E-state index in [1.54, 1.807) is 11.8 Å². The fourth-order valence-corrected chi connectivity index (χ4v) is 2.46. The molecule has 0 aromatic carbocycles. The predicted octanol–water partition coefficient (Wildman–Crippen LogP) is 1.90. The van der Waals surface area contributed by atoms with Gasteiger partial charge in [-0.25, -0.2) is 0 Å². The molecule has 0 radical (unpaired) electrons. The fraction of sp³-hybridized carbons (Fsp3) is 0.923. The van der Waals surface area contributed by atoms with Crippen LogP contribution in [0, 0.1) is 0 Å². The SMILES string of the molecule is CCCN(CC(=O)N1CC(C)OC(C)C1)CC(F)(F)F. The first-order valence-electron chi connectivity index (χ1n) is 6.93. The molecule has 0 bridgehead atoms. The van der Waals surface area contributed by atoms with Crippen LogP contribution in [-0.2, 0) is 9.53 Å². The summed E-state index contributed by atoms with van der Waals surface area (Å²) in [5.41, 5.74) is 0. The number of halogens is 3. The smallest absolute Gasteiger partial charge is 0.372 e. The standard InChI is InChI=1S/C13H23F3N2O2/c1-4-5-17(9-13(14,15)16)8-12(19)18-6-10(2)20-11(3)7-18/h10-11H,4-9H2,1-3H3. The first-order valence-corrected chi connectivity index (χ1v) is 6.93. The molecule has 0 N–H and O–H groups in total. The van der Waals surface area contributed by atoms with Gasteiger partial charge in [0.2, 0.25) is 5.91 Å². The largest absolute Gasteiger partial charge is 0.401 e. The van der Waals surface area contributed by atoms with Crippen LogP contribution in [0.1, 0.15) is 27.2 Å². The van der Waals surface area contributed by atoms with Crippen LogP contribution in [0.2, 0.25) is 0 Å². The molecule has 4 nitrogen and oxygen atoms in total. The Morgan fingerprint density at radius 2 is 1.85 bits per heavy atom. The number of ether oxygens (including phenoxy) is 1.